The predicted octanol–water partition coefficient (Wildman–Crippen LogP) is -0.442. The Kier molecular flexibility index (Phi) is 6.22. The zero-order chi connectivity index (χ0) is 12.8. The molecule has 0 N–H and O–H groups in total. The van der Waals surface area contributed by atoms with Crippen LogP contribution < -0.4 is 0 Å². The lowest BCUT2D eigenvalue weighted by molar-refractivity contribution is -0.140. The summed E-state index contributed by atoms with van der Waals surface area (Å²) in [6.07, 6.45) is 0. The average Bonchev–Trinajstić information content (AvgIpc) is 2.25. The number of carbonyl (C=O) groups excluding carboxylic acids is 1. The summed E-state index contributed by atoms with van der Waals surface area (Å²) in [6.45, 7) is -0.772. The van der Waals surface area contributed by atoms with Gasteiger partial charge in [0.2, 0.25) is 0 Å². The number of nitrogens with zero attached hydrogens (tertiary/aromatic N) is 3. The molecule has 0 spiro atoms. The zero-order valence-electron chi connectivity index (χ0n) is 8.79. The first-order valence-electron chi connectivity index (χ1n) is 4.10. The van der Waals surface area contributed by atoms with E-state index in [1.54, 1.807) is 0 Å². The van der Waals surface area contributed by atoms with Gasteiger partial charge >= 0.3 is 16.2 Å². The molecule has 0 bridgehead atoms. The Balaban J connectivity index is 4.75. The highest BCUT2D eigenvalue weighted by atomic mass is 35.5. The first-order chi connectivity index (χ1) is 7.39. The van der Waals surface area contributed by atoms with Crippen molar-refractivity contribution < 1.29 is 17.9 Å². The molecule has 0 radical (unpaired) electrons. The van der Waals surface area contributed by atoms with Gasteiger partial charge in [-0.15, -0.1) is 20.9 Å². The van der Waals surface area contributed by atoms with E-state index < -0.39 is 22.7 Å². The summed E-state index contributed by atoms with van der Waals surface area (Å²) in [5, 5.41) is 2.32. The molecule has 0 amide bonds. The van der Waals surface area contributed by atoms with Crippen molar-refractivity contribution in [3.05, 3.63) is 4.91 Å². The molecule has 0 aromatic heterocycles. The quantitative estimate of drug-likeness (QED) is 0.271. The molecule has 0 atom stereocenters. The molecular weight excluding hydrogens is 262 g/mol. The van der Waals surface area contributed by atoms with Gasteiger partial charge in [0.25, 0.3) is 0 Å². The molecule has 0 unspecified atom stereocenters. The number of nitroso groups, excluding NO2 is 1. The number of halogens is 1. The Morgan fingerprint density at radius 2 is 2.06 bits per heavy atom. The van der Waals surface area contributed by atoms with Crippen molar-refractivity contribution >= 4 is 27.8 Å². The molecule has 10 heteroatoms. The van der Waals surface area contributed by atoms with Crippen molar-refractivity contribution in [2.24, 2.45) is 5.29 Å². The fourth-order valence-electron chi connectivity index (χ4n) is 0.759. The Hall–Kier alpha value is -0.930. The van der Waals surface area contributed by atoms with E-state index >= 15 is 0 Å². The van der Waals surface area contributed by atoms with E-state index in [4.69, 9.17) is 11.6 Å². The smallest absolute Gasteiger partial charge is 0.321 e. The predicted molar refractivity (Wildman–Crippen MR) is 56.8 cm³/mol. The molecule has 0 aromatic rings. The van der Waals surface area contributed by atoms with Crippen molar-refractivity contribution in [3.63, 3.8) is 0 Å². The number of rotatable bonds is 7. The van der Waals surface area contributed by atoms with Crippen LogP contribution in [0.4, 0.5) is 0 Å². The van der Waals surface area contributed by atoms with Crippen molar-refractivity contribution in [3.8, 4) is 0 Å². The highest BCUT2D eigenvalue weighted by molar-refractivity contribution is 7.86. The van der Waals surface area contributed by atoms with Gasteiger partial charge in [0.15, 0.2) is 0 Å². The number of hydrogen-bond acceptors (Lipinski definition) is 6. The molecule has 8 nitrogen and oxygen atoms in total. The molecule has 94 valence electrons. The summed E-state index contributed by atoms with van der Waals surface area (Å²) in [4.78, 5) is 21.2. The highest BCUT2D eigenvalue weighted by Crippen LogP contribution is 2.07. The fraction of sp³-hybridized carbons (Fsp3) is 0.833. The van der Waals surface area contributed by atoms with Crippen LogP contribution in [0.5, 0.6) is 0 Å². The molecular formula is C6H12ClN3O5S. The minimum absolute atomic E-state index is 0.0863. The third-order valence-corrected chi connectivity index (χ3v) is 3.47. The van der Waals surface area contributed by atoms with Crippen LogP contribution in [0.1, 0.15) is 0 Å². The van der Waals surface area contributed by atoms with Crippen LogP contribution in [-0.2, 0) is 19.7 Å². The Labute approximate surface area is 98.2 Å². The number of likely N-dealkylation sites (N-methyl/N-ethyl adjacent to an activating group) is 1. The van der Waals surface area contributed by atoms with E-state index in [9.17, 15) is 18.1 Å². The number of methoxy groups -OCH3 is 1. The Morgan fingerprint density at radius 1 is 1.50 bits per heavy atom. The van der Waals surface area contributed by atoms with Gasteiger partial charge in [-0.1, -0.05) is 0 Å². The summed E-state index contributed by atoms with van der Waals surface area (Å²) in [5.41, 5.74) is 0. The van der Waals surface area contributed by atoms with Crippen LogP contribution >= 0.6 is 11.6 Å². The first-order valence-corrected chi connectivity index (χ1v) is 6.03. The van der Waals surface area contributed by atoms with E-state index in [-0.39, 0.29) is 16.8 Å². The normalized spacial score (nSPS) is 11.2. The van der Waals surface area contributed by atoms with Gasteiger partial charge in [0.05, 0.1) is 18.9 Å². The summed E-state index contributed by atoms with van der Waals surface area (Å²) in [5.74, 6) is -0.834. The van der Waals surface area contributed by atoms with Gasteiger partial charge in [0, 0.05) is 12.9 Å². The lowest BCUT2D eigenvalue weighted by atomic mass is 10.7. The zero-order valence-corrected chi connectivity index (χ0v) is 10.4. The van der Waals surface area contributed by atoms with Crippen molar-refractivity contribution in [2.75, 3.05) is 33.1 Å². The molecule has 16 heavy (non-hydrogen) atoms. The van der Waals surface area contributed by atoms with Crippen molar-refractivity contribution in [1.29, 1.82) is 0 Å². The van der Waals surface area contributed by atoms with E-state index in [0.29, 0.717) is 4.31 Å². The topological polar surface area (TPSA) is 96.3 Å². The van der Waals surface area contributed by atoms with Gasteiger partial charge in [0.1, 0.15) is 6.54 Å². The van der Waals surface area contributed by atoms with Crippen LogP contribution in [-0.4, -0.2) is 56.2 Å². The average molecular weight is 274 g/mol. The Morgan fingerprint density at radius 3 is 2.44 bits per heavy atom. The molecule has 0 aliphatic rings. The number of alkyl halides is 1. The molecule has 0 saturated carbocycles. The minimum Gasteiger partial charge on any atom is -0.468 e. The second kappa shape index (κ2) is 6.61. The molecule has 0 heterocycles. The minimum atomic E-state index is -4.12. The maximum atomic E-state index is 11.6. The summed E-state index contributed by atoms with van der Waals surface area (Å²) >= 11 is 5.30. The van der Waals surface area contributed by atoms with E-state index in [1.165, 1.54) is 0 Å². The Bertz CT molecular complexity index is 346. The maximum Gasteiger partial charge on any atom is 0.321 e. The molecule has 0 aliphatic carbocycles. The monoisotopic (exact) mass is 273 g/mol. The number of ether oxygens (including phenoxy) is 1. The van der Waals surface area contributed by atoms with Crippen LogP contribution in [0.25, 0.3) is 0 Å². The summed E-state index contributed by atoms with van der Waals surface area (Å²) in [7, 11) is -1.87. The summed E-state index contributed by atoms with van der Waals surface area (Å²) < 4.78 is 28.4. The van der Waals surface area contributed by atoms with Gasteiger partial charge in [-0.3, -0.25) is 4.79 Å². The first kappa shape index (κ1) is 15.1. The SMILES string of the molecule is COC(=O)CN(C)S(=O)(=O)N(CCCl)N=O. The molecule has 0 aromatic carbocycles. The standard InChI is InChI=1S/C6H12ClN3O5S/c1-9(5-6(11)15-2)16(13,14)10(8-12)4-3-7/h3-5H2,1-2H3. The van der Waals surface area contributed by atoms with Crippen LogP contribution in [0, 0.1) is 4.91 Å². The number of carbonyl (C=O) groups is 1. The second-order valence-electron chi connectivity index (χ2n) is 2.66. The van der Waals surface area contributed by atoms with Gasteiger partial charge in [-0.25, -0.2) is 0 Å². The lowest BCUT2D eigenvalue weighted by Crippen LogP contribution is -2.42. The van der Waals surface area contributed by atoms with Crippen LogP contribution in [0.2, 0.25) is 0 Å². The van der Waals surface area contributed by atoms with Gasteiger partial charge in [-0.05, 0) is 0 Å². The van der Waals surface area contributed by atoms with E-state index in [0.717, 1.165) is 14.2 Å². The highest BCUT2D eigenvalue weighted by Gasteiger charge is 2.28. The van der Waals surface area contributed by atoms with Gasteiger partial charge < -0.3 is 4.74 Å². The molecule has 0 saturated heterocycles. The van der Waals surface area contributed by atoms with Crippen molar-refractivity contribution in [1.82, 2.24) is 8.72 Å². The number of esters is 1. The third-order valence-electron chi connectivity index (χ3n) is 1.61. The largest absolute Gasteiger partial charge is 0.468 e. The summed E-state index contributed by atoms with van der Waals surface area (Å²) in [6, 6.07) is 0. The van der Waals surface area contributed by atoms with E-state index in [1.807, 2.05) is 0 Å². The lowest BCUT2D eigenvalue weighted by Gasteiger charge is -2.21. The molecule has 0 fully saturated rings. The third kappa shape index (κ3) is 3.91. The van der Waals surface area contributed by atoms with Crippen LogP contribution in [0.3, 0.4) is 0 Å². The number of hydrogen-bond donors (Lipinski definition) is 0. The molecule has 0 aliphatic heterocycles. The fourth-order valence-corrected chi connectivity index (χ4v) is 2.02. The van der Waals surface area contributed by atoms with Crippen LogP contribution in [0.15, 0.2) is 5.29 Å². The second-order valence-corrected chi connectivity index (χ2v) is 4.97. The van der Waals surface area contributed by atoms with Crippen molar-refractivity contribution in [2.45, 2.75) is 0 Å². The van der Waals surface area contributed by atoms with Gasteiger partial charge in [-0.2, -0.15) is 12.7 Å². The maximum absolute atomic E-state index is 11.6. The van der Waals surface area contributed by atoms with E-state index in [2.05, 4.69) is 10.0 Å². The molecule has 0 rings (SSSR count).